The van der Waals surface area contributed by atoms with Gasteiger partial charge in [-0.2, -0.15) is 0 Å². The Bertz CT molecular complexity index is 1200. The van der Waals surface area contributed by atoms with Crippen molar-refractivity contribution >= 4 is 46.3 Å². The van der Waals surface area contributed by atoms with Crippen molar-refractivity contribution in [1.82, 2.24) is 4.40 Å². The molecule has 4 aromatic rings. The molecule has 0 aliphatic heterocycles. The summed E-state index contributed by atoms with van der Waals surface area (Å²) in [6.45, 7) is 0. The lowest BCUT2D eigenvalue weighted by atomic mass is 10.0. The third-order valence-corrected chi connectivity index (χ3v) is 5.89. The van der Waals surface area contributed by atoms with Gasteiger partial charge >= 0.3 is 5.97 Å². The van der Waals surface area contributed by atoms with E-state index in [4.69, 9.17) is 39.9 Å². The quantitative estimate of drug-likeness (QED) is 0.359. The van der Waals surface area contributed by atoms with Gasteiger partial charge in [-0.05, 0) is 53.6 Å². The number of halogens is 3. The molecule has 0 bridgehead atoms. The van der Waals surface area contributed by atoms with Gasteiger partial charge in [-0.25, -0.2) is 4.79 Å². The van der Waals surface area contributed by atoms with Gasteiger partial charge in [-0.3, -0.25) is 0 Å². The normalized spacial score (nSPS) is 11.1. The first-order valence-corrected chi connectivity index (χ1v) is 9.64. The Morgan fingerprint density at radius 3 is 2.36 bits per heavy atom. The highest BCUT2D eigenvalue weighted by Gasteiger charge is 2.16. The van der Waals surface area contributed by atoms with Crippen LogP contribution in [0.15, 0.2) is 66.9 Å². The van der Waals surface area contributed by atoms with Crippen molar-refractivity contribution in [3.05, 3.63) is 98.7 Å². The Hall–Kier alpha value is -2.46. The second kappa shape index (κ2) is 7.51. The van der Waals surface area contributed by atoms with Crippen molar-refractivity contribution in [2.75, 3.05) is 0 Å². The van der Waals surface area contributed by atoms with Gasteiger partial charge in [0, 0.05) is 28.9 Å². The van der Waals surface area contributed by atoms with Gasteiger partial charge in [0.2, 0.25) is 0 Å². The van der Waals surface area contributed by atoms with E-state index in [1.807, 2.05) is 36.5 Å². The van der Waals surface area contributed by atoms with Crippen molar-refractivity contribution < 1.29 is 9.90 Å². The van der Waals surface area contributed by atoms with E-state index in [1.54, 1.807) is 24.3 Å². The van der Waals surface area contributed by atoms with E-state index in [0.29, 0.717) is 21.5 Å². The van der Waals surface area contributed by atoms with Crippen LogP contribution in [0.1, 0.15) is 21.6 Å². The average Bonchev–Trinajstić information content (AvgIpc) is 3.07. The Morgan fingerprint density at radius 1 is 0.929 bits per heavy atom. The number of rotatable bonds is 4. The maximum absolute atomic E-state index is 11.1. The van der Waals surface area contributed by atoms with Gasteiger partial charge in [0.15, 0.2) is 0 Å². The number of hydrogen-bond acceptors (Lipinski definition) is 1. The third kappa shape index (κ3) is 3.37. The second-order valence-corrected chi connectivity index (χ2v) is 7.58. The second-order valence-electron chi connectivity index (χ2n) is 6.39. The highest BCUT2D eigenvalue weighted by atomic mass is 35.5. The van der Waals surface area contributed by atoms with Crippen molar-refractivity contribution in [3.63, 3.8) is 0 Å². The summed E-state index contributed by atoms with van der Waals surface area (Å²) in [7, 11) is 0. The summed E-state index contributed by atoms with van der Waals surface area (Å²) in [5.41, 5.74) is 4.97. The number of hydrogen-bond donors (Lipinski definition) is 1. The number of carboxylic acids is 1. The van der Waals surface area contributed by atoms with Crippen LogP contribution in [0.4, 0.5) is 0 Å². The van der Waals surface area contributed by atoms with Gasteiger partial charge in [0.25, 0.3) is 0 Å². The predicted octanol–water partition coefficient (Wildman–Crippen LogP) is 6.86. The molecule has 0 spiro atoms. The lowest BCUT2D eigenvalue weighted by Crippen LogP contribution is -1.96. The molecule has 6 heteroatoms. The molecule has 1 N–H and O–H groups in total. The summed E-state index contributed by atoms with van der Waals surface area (Å²) in [4.78, 5) is 11.1. The van der Waals surface area contributed by atoms with Gasteiger partial charge < -0.3 is 9.51 Å². The molecule has 2 aromatic carbocycles. The first-order valence-electron chi connectivity index (χ1n) is 8.51. The molecular weight excluding hydrogens is 417 g/mol. The molecule has 140 valence electrons. The number of carboxylic acid groups (broad SMARTS) is 1. The maximum Gasteiger partial charge on any atom is 0.335 e. The number of carbonyl (C=O) groups is 1. The number of aromatic nitrogens is 1. The Balaban J connectivity index is 1.84. The molecule has 2 aromatic heterocycles. The van der Waals surface area contributed by atoms with E-state index in [9.17, 15) is 4.79 Å². The first kappa shape index (κ1) is 18.9. The molecule has 0 fully saturated rings. The topological polar surface area (TPSA) is 41.7 Å². The van der Waals surface area contributed by atoms with E-state index in [2.05, 4.69) is 10.5 Å². The van der Waals surface area contributed by atoms with Crippen LogP contribution in [-0.4, -0.2) is 15.5 Å². The smallest absolute Gasteiger partial charge is 0.335 e. The minimum Gasteiger partial charge on any atom is -0.478 e. The molecular formula is C22H14Cl3NO2. The highest BCUT2D eigenvalue weighted by molar-refractivity contribution is 6.44. The molecule has 0 saturated carbocycles. The highest BCUT2D eigenvalue weighted by Crippen LogP contribution is 2.35. The van der Waals surface area contributed by atoms with E-state index >= 15 is 0 Å². The number of fused-ring (bicyclic) bond motifs is 1. The summed E-state index contributed by atoms with van der Waals surface area (Å²) in [6.07, 6.45) is 2.49. The predicted molar refractivity (Wildman–Crippen MR) is 114 cm³/mol. The number of aromatic carboxylic acids is 1. The minimum absolute atomic E-state index is 0.255. The third-order valence-electron chi connectivity index (χ3n) is 4.70. The summed E-state index contributed by atoms with van der Waals surface area (Å²) in [5.74, 6) is -0.945. The molecule has 3 nitrogen and oxygen atoms in total. The van der Waals surface area contributed by atoms with E-state index in [0.717, 1.165) is 27.9 Å². The molecule has 2 heterocycles. The summed E-state index contributed by atoms with van der Waals surface area (Å²) >= 11 is 18.9. The fourth-order valence-corrected chi connectivity index (χ4v) is 3.98. The molecule has 0 atom stereocenters. The summed E-state index contributed by atoms with van der Waals surface area (Å²) in [5, 5.41) is 10.6. The van der Waals surface area contributed by atoms with E-state index < -0.39 is 5.97 Å². The van der Waals surface area contributed by atoms with E-state index in [-0.39, 0.29) is 5.56 Å². The molecule has 0 saturated heterocycles. The first-order chi connectivity index (χ1) is 13.5. The standard InChI is InChI=1S/C22H14Cl3NO2/c23-18-8-9-19(24)21(25)17(18)12-15-11-16(20-3-1-2-10-26(15)20)13-4-6-14(7-5-13)22(27)28/h1-11H,12H2,(H,27,28). The lowest BCUT2D eigenvalue weighted by Gasteiger charge is -2.09. The van der Waals surface area contributed by atoms with Crippen LogP contribution in [0.25, 0.3) is 16.6 Å². The van der Waals surface area contributed by atoms with E-state index in [1.165, 1.54) is 0 Å². The number of pyridine rings is 1. The largest absolute Gasteiger partial charge is 0.478 e. The summed E-state index contributed by atoms with van der Waals surface area (Å²) < 4.78 is 2.08. The van der Waals surface area contributed by atoms with Gasteiger partial charge in [-0.1, -0.05) is 53.0 Å². The zero-order chi connectivity index (χ0) is 19.8. The Morgan fingerprint density at radius 2 is 1.64 bits per heavy atom. The maximum atomic E-state index is 11.1. The summed E-state index contributed by atoms with van der Waals surface area (Å²) in [6, 6.07) is 18.3. The van der Waals surface area contributed by atoms with Crippen molar-refractivity contribution in [2.45, 2.75) is 6.42 Å². The Kier molecular flexibility index (Phi) is 5.07. The fraction of sp³-hybridized carbons (Fsp3) is 0.0455. The zero-order valence-corrected chi connectivity index (χ0v) is 16.8. The van der Waals surface area contributed by atoms with Crippen LogP contribution >= 0.6 is 34.8 Å². The van der Waals surface area contributed by atoms with Crippen molar-refractivity contribution in [2.24, 2.45) is 0 Å². The molecule has 0 radical (unpaired) electrons. The fourth-order valence-electron chi connectivity index (χ4n) is 3.30. The van der Waals surface area contributed by atoms with Crippen LogP contribution in [-0.2, 0) is 6.42 Å². The monoisotopic (exact) mass is 429 g/mol. The molecule has 0 amide bonds. The lowest BCUT2D eigenvalue weighted by molar-refractivity contribution is 0.0697. The minimum atomic E-state index is -0.945. The van der Waals surface area contributed by atoms with Crippen LogP contribution < -0.4 is 0 Å². The Labute approximate surface area is 176 Å². The zero-order valence-electron chi connectivity index (χ0n) is 14.5. The molecule has 0 unspecified atom stereocenters. The SMILES string of the molecule is O=C(O)c1ccc(-c2cc(Cc3c(Cl)ccc(Cl)c3Cl)n3ccccc23)cc1. The molecule has 4 rings (SSSR count). The molecule has 0 aliphatic carbocycles. The van der Waals surface area contributed by atoms with Crippen molar-refractivity contribution in [3.8, 4) is 11.1 Å². The number of nitrogens with zero attached hydrogens (tertiary/aromatic N) is 1. The average molecular weight is 431 g/mol. The molecule has 28 heavy (non-hydrogen) atoms. The van der Waals surface area contributed by atoms with Crippen LogP contribution in [0, 0.1) is 0 Å². The van der Waals surface area contributed by atoms with Gasteiger partial charge in [0.05, 0.1) is 21.1 Å². The number of benzene rings is 2. The van der Waals surface area contributed by atoms with Gasteiger partial charge in [0.1, 0.15) is 0 Å². The van der Waals surface area contributed by atoms with Crippen LogP contribution in [0.5, 0.6) is 0 Å². The van der Waals surface area contributed by atoms with Crippen LogP contribution in [0.3, 0.4) is 0 Å². The molecule has 0 aliphatic rings. The van der Waals surface area contributed by atoms with Gasteiger partial charge in [-0.15, -0.1) is 0 Å². The van der Waals surface area contributed by atoms with Crippen LogP contribution in [0.2, 0.25) is 15.1 Å². The van der Waals surface area contributed by atoms with Crippen molar-refractivity contribution in [1.29, 1.82) is 0 Å².